The SMILES string of the molecule is CCOC(CCNCC1(CO)CC1)OCC. The largest absolute Gasteiger partial charge is 0.396 e. The molecule has 0 atom stereocenters. The van der Waals surface area contributed by atoms with Crippen LogP contribution in [-0.4, -0.2) is 44.3 Å². The van der Waals surface area contributed by atoms with Gasteiger partial charge in [-0.1, -0.05) is 0 Å². The topological polar surface area (TPSA) is 50.7 Å². The molecule has 96 valence electrons. The fraction of sp³-hybridized carbons (Fsp3) is 1.00. The second-order valence-electron chi connectivity index (χ2n) is 4.46. The van der Waals surface area contributed by atoms with Gasteiger partial charge in [-0.25, -0.2) is 0 Å². The van der Waals surface area contributed by atoms with Crippen molar-refractivity contribution >= 4 is 0 Å². The molecule has 1 fully saturated rings. The molecule has 4 nitrogen and oxygen atoms in total. The lowest BCUT2D eigenvalue weighted by atomic mass is 10.1. The monoisotopic (exact) mass is 231 g/mol. The smallest absolute Gasteiger partial charge is 0.158 e. The van der Waals surface area contributed by atoms with Crippen LogP contribution in [0.5, 0.6) is 0 Å². The van der Waals surface area contributed by atoms with Crippen molar-refractivity contribution in [3.63, 3.8) is 0 Å². The van der Waals surface area contributed by atoms with Gasteiger partial charge < -0.3 is 19.9 Å². The van der Waals surface area contributed by atoms with Crippen LogP contribution < -0.4 is 5.32 Å². The van der Waals surface area contributed by atoms with Crippen molar-refractivity contribution in [1.82, 2.24) is 5.32 Å². The first-order valence-corrected chi connectivity index (χ1v) is 6.31. The Kier molecular flexibility index (Phi) is 6.28. The summed E-state index contributed by atoms with van der Waals surface area (Å²) in [6.45, 7) is 7.42. The van der Waals surface area contributed by atoms with Crippen molar-refractivity contribution in [3.05, 3.63) is 0 Å². The molecule has 0 aliphatic heterocycles. The molecule has 4 heteroatoms. The molecular weight excluding hydrogens is 206 g/mol. The molecule has 0 heterocycles. The molecule has 0 radical (unpaired) electrons. The van der Waals surface area contributed by atoms with Gasteiger partial charge in [0.2, 0.25) is 0 Å². The minimum atomic E-state index is -0.0909. The van der Waals surface area contributed by atoms with Gasteiger partial charge >= 0.3 is 0 Å². The Morgan fingerprint density at radius 3 is 2.31 bits per heavy atom. The van der Waals surface area contributed by atoms with E-state index in [0.29, 0.717) is 19.8 Å². The highest BCUT2D eigenvalue weighted by molar-refractivity contribution is 4.94. The van der Waals surface area contributed by atoms with E-state index in [2.05, 4.69) is 5.32 Å². The van der Waals surface area contributed by atoms with Crippen LogP contribution in [0.1, 0.15) is 33.1 Å². The van der Waals surface area contributed by atoms with Gasteiger partial charge in [-0.05, 0) is 33.2 Å². The van der Waals surface area contributed by atoms with Crippen LogP contribution in [0.15, 0.2) is 0 Å². The van der Waals surface area contributed by atoms with E-state index in [4.69, 9.17) is 14.6 Å². The summed E-state index contributed by atoms with van der Waals surface area (Å²) in [7, 11) is 0. The summed E-state index contributed by atoms with van der Waals surface area (Å²) in [6, 6.07) is 0. The van der Waals surface area contributed by atoms with Gasteiger partial charge in [0.15, 0.2) is 6.29 Å². The predicted octanol–water partition coefficient (Wildman–Crippen LogP) is 1.14. The van der Waals surface area contributed by atoms with Crippen LogP contribution in [0.4, 0.5) is 0 Å². The molecule has 1 aliphatic rings. The number of aliphatic hydroxyl groups excluding tert-OH is 1. The summed E-state index contributed by atoms with van der Waals surface area (Å²) >= 11 is 0. The van der Waals surface area contributed by atoms with Crippen molar-refractivity contribution in [2.75, 3.05) is 32.9 Å². The molecule has 1 saturated carbocycles. The molecule has 0 aromatic rings. The minimum Gasteiger partial charge on any atom is -0.396 e. The van der Waals surface area contributed by atoms with Crippen LogP contribution >= 0.6 is 0 Å². The number of hydrogen-bond acceptors (Lipinski definition) is 4. The van der Waals surface area contributed by atoms with Gasteiger partial charge in [0.25, 0.3) is 0 Å². The minimum absolute atomic E-state index is 0.0909. The molecule has 0 amide bonds. The van der Waals surface area contributed by atoms with E-state index in [0.717, 1.165) is 32.4 Å². The normalized spacial score (nSPS) is 18.0. The van der Waals surface area contributed by atoms with Crippen LogP contribution in [0.25, 0.3) is 0 Å². The lowest BCUT2D eigenvalue weighted by Crippen LogP contribution is -2.30. The van der Waals surface area contributed by atoms with Crippen molar-refractivity contribution in [2.45, 2.75) is 39.4 Å². The number of aliphatic hydroxyl groups is 1. The molecule has 1 rings (SSSR count). The van der Waals surface area contributed by atoms with Crippen molar-refractivity contribution in [3.8, 4) is 0 Å². The third kappa shape index (κ3) is 4.78. The van der Waals surface area contributed by atoms with E-state index in [1.54, 1.807) is 0 Å². The Morgan fingerprint density at radius 1 is 1.25 bits per heavy atom. The first kappa shape index (κ1) is 13.9. The van der Waals surface area contributed by atoms with Crippen LogP contribution in [0.2, 0.25) is 0 Å². The van der Waals surface area contributed by atoms with E-state index in [1.807, 2.05) is 13.8 Å². The van der Waals surface area contributed by atoms with Gasteiger partial charge in [-0.2, -0.15) is 0 Å². The maximum absolute atomic E-state index is 9.14. The van der Waals surface area contributed by atoms with E-state index in [-0.39, 0.29) is 11.7 Å². The highest BCUT2D eigenvalue weighted by atomic mass is 16.7. The maximum Gasteiger partial charge on any atom is 0.158 e. The third-order valence-electron chi connectivity index (χ3n) is 3.05. The Balaban J connectivity index is 2.03. The summed E-state index contributed by atoms with van der Waals surface area (Å²) in [5.74, 6) is 0. The van der Waals surface area contributed by atoms with Crippen LogP contribution in [0.3, 0.4) is 0 Å². The number of ether oxygens (including phenoxy) is 2. The number of nitrogens with one attached hydrogen (secondary N) is 1. The van der Waals surface area contributed by atoms with E-state index in [9.17, 15) is 0 Å². The predicted molar refractivity (Wildman–Crippen MR) is 63.3 cm³/mol. The molecule has 0 aromatic carbocycles. The first-order chi connectivity index (χ1) is 7.76. The Hall–Kier alpha value is -0.160. The summed E-state index contributed by atoms with van der Waals surface area (Å²) in [4.78, 5) is 0. The molecule has 0 saturated heterocycles. The van der Waals surface area contributed by atoms with Crippen molar-refractivity contribution in [1.29, 1.82) is 0 Å². The standard InChI is InChI=1S/C12H25NO3/c1-3-15-11(16-4-2)5-8-13-9-12(10-14)6-7-12/h11,13-14H,3-10H2,1-2H3. The molecule has 0 bridgehead atoms. The molecular formula is C12H25NO3. The summed E-state index contributed by atoms with van der Waals surface area (Å²) in [5, 5.41) is 12.5. The number of rotatable bonds is 10. The molecule has 0 spiro atoms. The fourth-order valence-corrected chi connectivity index (χ4v) is 1.73. The molecule has 16 heavy (non-hydrogen) atoms. The lowest BCUT2D eigenvalue weighted by molar-refractivity contribution is -0.138. The maximum atomic E-state index is 9.14. The highest BCUT2D eigenvalue weighted by Crippen LogP contribution is 2.44. The van der Waals surface area contributed by atoms with Crippen LogP contribution in [0, 0.1) is 5.41 Å². The molecule has 0 unspecified atom stereocenters. The number of hydrogen-bond donors (Lipinski definition) is 2. The lowest BCUT2D eigenvalue weighted by Gasteiger charge is -2.18. The second kappa shape index (κ2) is 7.22. The van der Waals surface area contributed by atoms with Crippen molar-refractivity contribution < 1.29 is 14.6 Å². The Labute approximate surface area is 98.3 Å². The van der Waals surface area contributed by atoms with Gasteiger partial charge in [0, 0.05) is 38.2 Å². The average molecular weight is 231 g/mol. The van der Waals surface area contributed by atoms with Gasteiger partial charge in [0.1, 0.15) is 0 Å². The molecule has 1 aliphatic carbocycles. The van der Waals surface area contributed by atoms with E-state index in [1.165, 1.54) is 0 Å². The van der Waals surface area contributed by atoms with E-state index < -0.39 is 0 Å². The van der Waals surface area contributed by atoms with Gasteiger partial charge in [0.05, 0.1) is 0 Å². The summed E-state index contributed by atoms with van der Waals surface area (Å²) in [6.07, 6.45) is 3.07. The van der Waals surface area contributed by atoms with Crippen LogP contribution in [-0.2, 0) is 9.47 Å². The second-order valence-corrected chi connectivity index (χ2v) is 4.46. The summed E-state index contributed by atoms with van der Waals surface area (Å²) in [5.41, 5.74) is 0.187. The Morgan fingerprint density at radius 2 is 1.88 bits per heavy atom. The molecule has 0 aromatic heterocycles. The van der Waals surface area contributed by atoms with E-state index >= 15 is 0 Å². The zero-order chi connectivity index (χ0) is 11.9. The summed E-state index contributed by atoms with van der Waals surface area (Å²) < 4.78 is 10.9. The average Bonchev–Trinajstić information content (AvgIpc) is 3.06. The first-order valence-electron chi connectivity index (χ1n) is 6.31. The van der Waals surface area contributed by atoms with Crippen molar-refractivity contribution in [2.24, 2.45) is 5.41 Å². The highest BCUT2D eigenvalue weighted by Gasteiger charge is 2.41. The van der Waals surface area contributed by atoms with Gasteiger partial charge in [-0.3, -0.25) is 0 Å². The molecule has 2 N–H and O–H groups in total. The zero-order valence-electron chi connectivity index (χ0n) is 10.5. The quantitative estimate of drug-likeness (QED) is 0.437. The third-order valence-corrected chi connectivity index (χ3v) is 3.05. The zero-order valence-corrected chi connectivity index (χ0v) is 10.5. The fourth-order valence-electron chi connectivity index (χ4n) is 1.73. The Bertz CT molecular complexity index is 177. The van der Waals surface area contributed by atoms with Gasteiger partial charge in [-0.15, -0.1) is 0 Å².